The van der Waals surface area contributed by atoms with E-state index in [1.54, 1.807) is 0 Å². The van der Waals surface area contributed by atoms with E-state index in [0.29, 0.717) is 18.5 Å². The molecule has 0 aromatic heterocycles. The first-order chi connectivity index (χ1) is 8.74. The summed E-state index contributed by atoms with van der Waals surface area (Å²) in [5.74, 6) is 0.0319. The van der Waals surface area contributed by atoms with Crippen LogP contribution in [0.4, 0.5) is 5.69 Å². The van der Waals surface area contributed by atoms with Gasteiger partial charge in [0, 0.05) is 5.56 Å². The van der Waals surface area contributed by atoms with E-state index >= 15 is 0 Å². The topological polar surface area (TPSA) is 29.4 Å². The third-order valence-corrected chi connectivity index (χ3v) is 3.15. The maximum atomic E-state index is 12.3. The monoisotopic (exact) mass is 233 g/mol. The number of aliphatic imine (C=N–C) groups is 1. The van der Waals surface area contributed by atoms with E-state index in [9.17, 15) is 4.79 Å². The largest absolute Gasteiger partial charge is 0.288 e. The van der Waals surface area contributed by atoms with Crippen molar-refractivity contribution >= 4 is 29.8 Å². The van der Waals surface area contributed by atoms with Crippen LogP contribution in [0.2, 0.25) is 0 Å². The number of nitrogens with zero attached hydrogens (tertiary/aromatic N) is 1. The summed E-state index contributed by atoms with van der Waals surface area (Å²) in [6, 6.07) is 15.4. The molecule has 0 spiro atoms. The molecule has 0 bridgehead atoms. The van der Waals surface area contributed by atoms with Crippen molar-refractivity contribution in [1.82, 2.24) is 0 Å². The molecule has 0 aliphatic carbocycles. The highest BCUT2D eigenvalue weighted by atomic mass is 16.1. The number of rotatable bonds is 2. The highest BCUT2D eigenvalue weighted by Gasteiger charge is 2.22. The zero-order valence-corrected chi connectivity index (χ0v) is 10.2. The fraction of sp³-hybridized carbons (Fsp3) is 0.0667. The van der Waals surface area contributed by atoms with E-state index in [4.69, 9.17) is 0 Å². The van der Waals surface area contributed by atoms with Crippen molar-refractivity contribution in [2.45, 2.75) is 6.92 Å². The van der Waals surface area contributed by atoms with Crippen molar-refractivity contribution < 1.29 is 4.79 Å². The number of Topliss-reactive ketones (excluding diaryl/α,β-unsaturated/α-hetero) is 1. The van der Waals surface area contributed by atoms with Gasteiger partial charge in [-0.1, -0.05) is 53.5 Å². The van der Waals surface area contributed by atoms with Gasteiger partial charge in [0.15, 0.2) is 5.78 Å². The SMILES string of the molecule is Cc1ccc2c(c1)BC(C(=O)c1ccccc1)=N2. The minimum atomic E-state index is 0.0319. The lowest BCUT2D eigenvalue weighted by Gasteiger charge is -1.98. The molecule has 18 heavy (non-hydrogen) atoms. The molecule has 0 fully saturated rings. The van der Waals surface area contributed by atoms with E-state index in [-0.39, 0.29) is 5.78 Å². The number of carbonyl (C=O) groups excluding carboxylic acids is 1. The van der Waals surface area contributed by atoms with Crippen LogP contribution in [0.1, 0.15) is 15.9 Å². The third-order valence-electron chi connectivity index (χ3n) is 3.15. The Hall–Kier alpha value is -2.16. The Bertz CT molecular complexity index is 647. The Labute approximate surface area is 107 Å². The van der Waals surface area contributed by atoms with Crippen molar-refractivity contribution in [1.29, 1.82) is 0 Å². The lowest BCUT2D eigenvalue weighted by molar-refractivity contribution is 0.106. The van der Waals surface area contributed by atoms with Crippen molar-refractivity contribution in [2.24, 2.45) is 4.99 Å². The van der Waals surface area contributed by atoms with Gasteiger partial charge in [-0.25, -0.2) is 0 Å². The van der Waals surface area contributed by atoms with Crippen molar-refractivity contribution in [3.8, 4) is 0 Å². The Morgan fingerprint density at radius 3 is 2.67 bits per heavy atom. The van der Waals surface area contributed by atoms with Gasteiger partial charge in [0.05, 0.1) is 11.3 Å². The molecule has 3 rings (SSSR count). The van der Waals surface area contributed by atoms with Gasteiger partial charge in [0.2, 0.25) is 7.28 Å². The molecule has 1 heterocycles. The van der Waals surface area contributed by atoms with Crippen LogP contribution in [0.15, 0.2) is 53.5 Å². The highest BCUT2D eigenvalue weighted by molar-refractivity contribution is 7.00. The Kier molecular flexibility index (Phi) is 2.60. The molecule has 2 nitrogen and oxygen atoms in total. The van der Waals surface area contributed by atoms with Gasteiger partial charge < -0.3 is 0 Å². The maximum absolute atomic E-state index is 12.3. The molecule has 0 amide bonds. The van der Waals surface area contributed by atoms with Crippen LogP contribution in [0.5, 0.6) is 0 Å². The summed E-state index contributed by atoms with van der Waals surface area (Å²) >= 11 is 0. The second-order valence-electron chi connectivity index (χ2n) is 4.56. The molecule has 0 saturated carbocycles. The first-order valence-corrected chi connectivity index (χ1v) is 6.01. The molecule has 1 aliphatic rings. The van der Waals surface area contributed by atoms with E-state index in [1.807, 2.05) is 42.5 Å². The summed E-state index contributed by atoms with van der Waals surface area (Å²) in [4.78, 5) is 16.7. The normalized spacial score (nSPS) is 12.6. The van der Waals surface area contributed by atoms with E-state index in [1.165, 1.54) is 5.56 Å². The Balaban J connectivity index is 1.92. The summed E-state index contributed by atoms with van der Waals surface area (Å²) in [5.41, 5.74) is 4.63. The van der Waals surface area contributed by atoms with Gasteiger partial charge >= 0.3 is 0 Å². The van der Waals surface area contributed by atoms with Crippen LogP contribution in [0, 0.1) is 6.92 Å². The van der Waals surface area contributed by atoms with Crippen LogP contribution in [-0.2, 0) is 0 Å². The number of carbonyl (C=O) groups is 1. The predicted octanol–water partition coefficient (Wildman–Crippen LogP) is 1.98. The van der Waals surface area contributed by atoms with Crippen LogP contribution in [0.25, 0.3) is 0 Å². The van der Waals surface area contributed by atoms with E-state index in [2.05, 4.69) is 18.0 Å². The molecule has 3 heteroatoms. The molecule has 86 valence electrons. The van der Waals surface area contributed by atoms with Crippen molar-refractivity contribution in [3.05, 3.63) is 59.7 Å². The maximum Gasteiger partial charge on any atom is 0.224 e. The molecular weight excluding hydrogens is 221 g/mol. The average molecular weight is 233 g/mol. The molecule has 0 unspecified atom stereocenters. The summed E-state index contributed by atoms with van der Waals surface area (Å²) in [6.07, 6.45) is 0. The quantitative estimate of drug-likeness (QED) is 0.576. The van der Waals surface area contributed by atoms with Gasteiger partial charge in [-0.3, -0.25) is 9.79 Å². The lowest BCUT2D eigenvalue weighted by atomic mass is 9.65. The minimum Gasteiger partial charge on any atom is -0.288 e. The average Bonchev–Trinajstić information content (AvgIpc) is 2.81. The van der Waals surface area contributed by atoms with Crippen LogP contribution in [0.3, 0.4) is 0 Å². The Morgan fingerprint density at radius 1 is 1.11 bits per heavy atom. The fourth-order valence-corrected chi connectivity index (χ4v) is 2.22. The zero-order chi connectivity index (χ0) is 12.5. The van der Waals surface area contributed by atoms with E-state index in [0.717, 1.165) is 11.2 Å². The molecule has 2 aromatic rings. The fourth-order valence-electron chi connectivity index (χ4n) is 2.22. The standard InChI is InChI=1S/C15H12BNO/c1-10-7-8-13-12(9-10)16-15(17-13)14(18)11-5-3-2-4-6-11/h2-9,16H,1H3. The first kappa shape index (κ1) is 11.0. The van der Waals surface area contributed by atoms with Gasteiger partial charge in [-0.2, -0.15) is 0 Å². The number of hydrogen-bond donors (Lipinski definition) is 0. The summed E-state index contributed by atoms with van der Waals surface area (Å²) in [7, 11) is 0.644. The lowest BCUT2D eigenvalue weighted by Crippen LogP contribution is -2.25. The molecule has 0 saturated heterocycles. The summed E-state index contributed by atoms with van der Waals surface area (Å²) in [5, 5.41) is 0. The second-order valence-corrected chi connectivity index (χ2v) is 4.56. The second kappa shape index (κ2) is 4.26. The smallest absolute Gasteiger partial charge is 0.224 e. The molecule has 0 radical (unpaired) electrons. The highest BCUT2D eigenvalue weighted by Crippen LogP contribution is 2.17. The number of fused-ring (bicyclic) bond motifs is 1. The molecule has 1 aliphatic heterocycles. The van der Waals surface area contributed by atoms with Crippen molar-refractivity contribution in [3.63, 3.8) is 0 Å². The summed E-state index contributed by atoms with van der Waals surface area (Å²) < 4.78 is 0. The van der Waals surface area contributed by atoms with Gasteiger partial charge in [-0.05, 0) is 13.0 Å². The zero-order valence-electron chi connectivity index (χ0n) is 10.2. The molecule has 0 atom stereocenters. The first-order valence-electron chi connectivity index (χ1n) is 6.01. The van der Waals surface area contributed by atoms with E-state index < -0.39 is 0 Å². The summed E-state index contributed by atoms with van der Waals surface area (Å²) in [6.45, 7) is 2.05. The number of aryl methyl sites for hydroxylation is 1. The van der Waals surface area contributed by atoms with Gasteiger partial charge in [-0.15, -0.1) is 0 Å². The van der Waals surface area contributed by atoms with Gasteiger partial charge in [0.25, 0.3) is 0 Å². The van der Waals surface area contributed by atoms with Crippen LogP contribution in [-0.4, -0.2) is 18.7 Å². The number of ketones is 1. The Morgan fingerprint density at radius 2 is 1.89 bits per heavy atom. The predicted molar refractivity (Wildman–Crippen MR) is 75.8 cm³/mol. The third kappa shape index (κ3) is 1.88. The van der Waals surface area contributed by atoms with Crippen LogP contribution < -0.4 is 5.46 Å². The van der Waals surface area contributed by atoms with Crippen molar-refractivity contribution in [2.75, 3.05) is 0 Å². The van der Waals surface area contributed by atoms with Gasteiger partial charge in [0.1, 0.15) is 0 Å². The molecular formula is C15H12BNO. The molecule has 0 N–H and O–H groups in total. The number of benzene rings is 2. The number of hydrogen-bond acceptors (Lipinski definition) is 2. The minimum absolute atomic E-state index is 0.0319. The van der Waals surface area contributed by atoms with Crippen LogP contribution >= 0.6 is 0 Å². The molecule has 2 aromatic carbocycles.